The summed E-state index contributed by atoms with van der Waals surface area (Å²) in [7, 11) is 0. The molecule has 1 atom stereocenters. The maximum Gasteiger partial charge on any atom is 0.325 e. The highest BCUT2D eigenvalue weighted by atomic mass is 32.2. The lowest BCUT2D eigenvalue weighted by atomic mass is 10.0. The number of nitrogens with one attached hydrogen (secondary N) is 1. The van der Waals surface area contributed by atoms with Crippen LogP contribution in [0.15, 0.2) is 52.4 Å². The van der Waals surface area contributed by atoms with Crippen molar-refractivity contribution in [1.82, 2.24) is 10.1 Å². The zero-order valence-corrected chi connectivity index (χ0v) is 20.3. The molecular weight excluding hydrogens is 472 g/mol. The van der Waals surface area contributed by atoms with Crippen LogP contribution in [0.2, 0.25) is 0 Å². The van der Waals surface area contributed by atoms with Gasteiger partial charge in [0.1, 0.15) is 0 Å². The fraction of sp³-hybridized carbons (Fsp3) is 0.250. The van der Waals surface area contributed by atoms with E-state index in [0.29, 0.717) is 27.7 Å². The Balaban J connectivity index is 2.01. The number of nitrogens with zero attached hydrogens (tertiary/aromatic N) is 3. The van der Waals surface area contributed by atoms with E-state index in [4.69, 9.17) is 9.47 Å². The maximum atomic E-state index is 13.2. The molecule has 0 bridgehead atoms. The number of fused-ring (bicyclic) bond motifs is 3. The molecule has 10 nitrogen and oxygen atoms in total. The van der Waals surface area contributed by atoms with Crippen LogP contribution in [0.4, 0.5) is 5.69 Å². The third-order valence-corrected chi connectivity index (χ3v) is 5.90. The Kier molecular flexibility index (Phi) is 6.70. The predicted octanol–water partition coefficient (Wildman–Crippen LogP) is 2.60. The molecule has 1 N–H and O–H groups in total. The average molecular weight is 496 g/mol. The number of aromatic amines is 1. The van der Waals surface area contributed by atoms with E-state index in [0.717, 1.165) is 0 Å². The molecule has 2 heterocycles. The summed E-state index contributed by atoms with van der Waals surface area (Å²) in [6, 6.07) is 11.7. The number of thioether (sulfide) groups is 1. The summed E-state index contributed by atoms with van der Waals surface area (Å²) in [5.41, 5.74) is 1.50. The monoisotopic (exact) mass is 495 g/mol. The first kappa shape index (κ1) is 24.1. The molecule has 1 aliphatic heterocycles. The van der Waals surface area contributed by atoms with E-state index >= 15 is 0 Å². The molecule has 35 heavy (non-hydrogen) atoms. The SMILES string of the molecule is CCSc1n[n+]2c(c(=O)[nH]1)-c1ccccc1N(C(C)=O)C2c1ccc(OC(C)=O)c(OC(C)=O)c1. The summed E-state index contributed by atoms with van der Waals surface area (Å²) in [6.45, 7) is 5.81. The standard InChI is InChI=1S/C24H22N4O6S/c1-5-35-24-25-22(32)21-17-8-6-7-9-18(17)27(13(2)29)23(28(21)26-24)16-10-11-19(33-14(3)30)20(12-16)34-15(4)31/h6-12,23H,5H2,1-4H3/p+1. The summed E-state index contributed by atoms with van der Waals surface area (Å²) in [5, 5.41) is 5.05. The second kappa shape index (κ2) is 9.71. The van der Waals surface area contributed by atoms with Crippen molar-refractivity contribution in [2.45, 2.75) is 39.0 Å². The second-order valence-electron chi connectivity index (χ2n) is 7.66. The number of hydrogen-bond donors (Lipinski definition) is 1. The minimum absolute atomic E-state index is 0.00251. The summed E-state index contributed by atoms with van der Waals surface area (Å²) >= 11 is 1.35. The van der Waals surface area contributed by atoms with Crippen molar-refractivity contribution in [1.29, 1.82) is 0 Å². The molecule has 0 fully saturated rings. The first-order valence-corrected chi connectivity index (χ1v) is 11.8. The van der Waals surface area contributed by atoms with Crippen LogP contribution in [0.1, 0.15) is 39.4 Å². The van der Waals surface area contributed by atoms with Crippen LogP contribution in [-0.2, 0) is 14.4 Å². The summed E-state index contributed by atoms with van der Waals surface area (Å²) < 4.78 is 12.0. The number of carbonyl (C=O) groups is 3. The van der Waals surface area contributed by atoms with Gasteiger partial charge in [-0.15, -0.1) is 0 Å². The molecule has 4 rings (SSSR count). The Morgan fingerprint density at radius 2 is 1.74 bits per heavy atom. The van der Waals surface area contributed by atoms with Gasteiger partial charge in [-0.3, -0.25) is 24.2 Å². The largest absolute Gasteiger partial charge is 0.423 e. The second-order valence-corrected chi connectivity index (χ2v) is 8.91. The Morgan fingerprint density at radius 1 is 1.06 bits per heavy atom. The highest BCUT2D eigenvalue weighted by molar-refractivity contribution is 7.99. The molecule has 1 aliphatic rings. The molecule has 0 radical (unpaired) electrons. The molecule has 180 valence electrons. The van der Waals surface area contributed by atoms with E-state index in [2.05, 4.69) is 10.1 Å². The lowest BCUT2D eigenvalue weighted by Gasteiger charge is -2.31. The van der Waals surface area contributed by atoms with E-state index in [-0.39, 0.29) is 28.7 Å². The summed E-state index contributed by atoms with van der Waals surface area (Å²) in [6.07, 6.45) is -0.878. The molecule has 1 unspecified atom stereocenters. The van der Waals surface area contributed by atoms with Crippen molar-refractivity contribution in [3.63, 3.8) is 0 Å². The normalized spacial score (nSPS) is 14.1. The zero-order valence-electron chi connectivity index (χ0n) is 19.5. The van der Waals surface area contributed by atoms with Gasteiger partial charge in [0.05, 0.1) is 11.3 Å². The number of carbonyl (C=O) groups excluding carboxylic acids is 3. The van der Waals surface area contributed by atoms with Crippen molar-refractivity contribution < 1.29 is 28.5 Å². The molecule has 0 saturated heterocycles. The van der Waals surface area contributed by atoms with E-state index in [1.807, 2.05) is 6.92 Å². The molecule has 0 aliphatic carbocycles. The molecule has 11 heteroatoms. The van der Waals surface area contributed by atoms with Crippen LogP contribution in [0.5, 0.6) is 11.5 Å². The van der Waals surface area contributed by atoms with E-state index < -0.39 is 18.1 Å². The molecule has 1 amide bonds. The van der Waals surface area contributed by atoms with Gasteiger partial charge in [0.25, 0.3) is 6.17 Å². The number of para-hydroxylation sites is 1. The third-order valence-electron chi connectivity index (χ3n) is 5.15. The van der Waals surface area contributed by atoms with Crippen LogP contribution < -0.4 is 24.6 Å². The number of anilines is 1. The van der Waals surface area contributed by atoms with Gasteiger partial charge in [-0.1, -0.05) is 30.8 Å². The zero-order chi connectivity index (χ0) is 25.3. The van der Waals surface area contributed by atoms with Gasteiger partial charge in [-0.05, 0) is 40.8 Å². The third kappa shape index (κ3) is 4.67. The van der Waals surface area contributed by atoms with Crippen LogP contribution in [-0.4, -0.2) is 33.7 Å². The smallest absolute Gasteiger partial charge is 0.325 e. The number of rotatable bonds is 5. The van der Waals surface area contributed by atoms with E-state index in [1.165, 1.54) is 54.2 Å². The number of H-pyrrole nitrogens is 1. The summed E-state index contributed by atoms with van der Waals surface area (Å²) in [4.78, 5) is 53.8. The molecule has 3 aromatic rings. The molecule has 1 aromatic heterocycles. The highest BCUT2D eigenvalue weighted by Crippen LogP contribution is 2.39. The van der Waals surface area contributed by atoms with Gasteiger partial charge in [0.15, 0.2) is 11.5 Å². The number of benzene rings is 2. The van der Waals surface area contributed by atoms with Crippen molar-refractivity contribution in [3.8, 4) is 22.8 Å². The summed E-state index contributed by atoms with van der Waals surface area (Å²) in [5.74, 6) is -0.760. The fourth-order valence-corrected chi connectivity index (χ4v) is 4.56. The van der Waals surface area contributed by atoms with Gasteiger partial charge in [0.2, 0.25) is 11.1 Å². The number of ether oxygens (including phenoxy) is 2. The molecule has 0 saturated carbocycles. The number of aromatic nitrogens is 3. The quantitative estimate of drug-likeness (QED) is 0.248. The highest BCUT2D eigenvalue weighted by Gasteiger charge is 2.45. The van der Waals surface area contributed by atoms with Crippen molar-refractivity contribution in [2.24, 2.45) is 0 Å². The van der Waals surface area contributed by atoms with Crippen LogP contribution in [0.3, 0.4) is 0 Å². The lowest BCUT2D eigenvalue weighted by molar-refractivity contribution is -0.763. The molecule has 2 aromatic carbocycles. The molecular formula is C24H23N4O6S+. The average Bonchev–Trinajstić information content (AvgIpc) is 2.78. The van der Waals surface area contributed by atoms with Gasteiger partial charge in [0, 0.05) is 31.4 Å². The number of amides is 1. The maximum absolute atomic E-state index is 13.2. The van der Waals surface area contributed by atoms with Crippen LogP contribution in [0, 0.1) is 0 Å². The molecule has 0 spiro atoms. The van der Waals surface area contributed by atoms with Crippen molar-refractivity contribution in [3.05, 3.63) is 58.4 Å². The van der Waals surface area contributed by atoms with Crippen molar-refractivity contribution >= 4 is 35.3 Å². The number of esters is 2. The van der Waals surface area contributed by atoms with Crippen LogP contribution in [0.25, 0.3) is 11.3 Å². The lowest BCUT2D eigenvalue weighted by Crippen LogP contribution is -2.60. The first-order valence-electron chi connectivity index (χ1n) is 10.8. The van der Waals surface area contributed by atoms with Gasteiger partial charge < -0.3 is 9.47 Å². The first-order chi connectivity index (χ1) is 16.7. The van der Waals surface area contributed by atoms with Gasteiger partial charge in [-0.2, -0.15) is 0 Å². The van der Waals surface area contributed by atoms with E-state index in [9.17, 15) is 19.2 Å². The van der Waals surface area contributed by atoms with Gasteiger partial charge in [-0.25, -0.2) is 4.90 Å². The predicted molar refractivity (Wildman–Crippen MR) is 127 cm³/mol. The van der Waals surface area contributed by atoms with Crippen LogP contribution >= 0.6 is 11.8 Å². The topological polar surface area (TPSA) is 123 Å². The Labute approximate surface area is 204 Å². The van der Waals surface area contributed by atoms with Crippen molar-refractivity contribution in [2.75, 3.05) is 10.7 Å². The Bertz CT molecular complexity index is 1400. The Hall–Kier alpha value is -3.99. The van der Waals surface area contributed by atoms with E-state index in [1.54, 1.807) is 30.3 Å². The number of hydrogen-bond acceptors (Lipinski definition) is 8. The van der Waals surface area contributed by atoms with Gasteiger partial charge >= 0.3 is 23.2 Å². The minimum Gasteiger partial charge on any atom is -0.423 e. The Morgan fingerprint density at radius 3 is 2.40 bits per heavy atom. The fourth-order valence-electron chi connectivity index (χ4n) is 3.97. The minimum atomic E-state index is -0.878.